The first-order valence-electron chi connectivity index (χ1n) is 9.96. The van der Waals surface area contributed by atoms with Gasteiger partial charge in [0.05, 0.1) is 36.8 Å². The Hall–Kier alpha value is -1.81. The summed E-state index contributed by atoms with van der Waals surface area (Å²) in [4.78, 5) is 28.2. The number of carbonyl (C=O) groups is 2. The molecule has 0 spiro atoms. The number of ether oxygens (including phenoxy) is 2. The van der Waals surface area contributed by atoms with Crippen LogP contribution in [0.3, 0.4) is 0 Å². The third-order valence-corrected chi connectivity index (χ3v) is 6.40. The number of nitrogens with one attached hydrogen (secondary N) is 2. The maximum atomic E-state index is 12.9. The predicted octanol–water partition coefficient (Wildman–Crippen LogP) is 1.84. The van der Waals surface area contributed by atoms with E-state index in [4.69, 9.17) is 9.47 Å². The quantitative estimate of drug-likeness (QED) is 0.619. The predicted molar refractivity (Wildman–Crippen MR) is 113 cm³/mol. The number of urea groups is 1. The van der Waals surface area contributed by atoms with Gasteiger partial charge >= 0.3 is 6.03 Å². The van der Waals surface area contributed by atoms with Crippen LogP contribution in [0.25, 0.3) is 0 Å². The number of thioether (sulfide) groups is 1. The minimum Gasteiger partial charge on any atom is -0.494 e. The Morgan fingerprint density at radius 2 is 1.79 bits per heavy atom. The molecule has 3 rings (SSSR count). The maximum absolute atomic E-state index is 12.9. The maximum Gasteiger partial charge on any atom is 0.327 e. The van der Waals surface area contributed by atoms with Crippen LogP contribution in [0.2, 0.25) is 0 Å². The van der Waals surface area contributed by atoms with Crippen LogP contribution in [0.5, 0.6) is 5.75 Å². The summed E-state index contributed by atoms with van der Waals surface area (Å²) in [5.41, 5.74) is 1.02. The van der Waals surface area contributed by atoms with Gasteiger partial charge in [0.1, 0.15) is 5.75 Å². The third kappa shape index (κ3) is 4.69. The van der Waals surface area contributed by atoms with E-state index in [0.29, 0.717) is 19.8 Å². The summed E-state index contributed by atoms with van der Waals surface area (Å²) in [7, 11) is 3.27. The molecule has 2 aliphatic heterocycles. The Kier molecular flexibility index (Phi) is 7.39. The fourth-order valence-corrected chi connectivity index (χ4v) is 4.87. The normalized spacial score (nSPS) is 27.2. The first-order valence-corrected chi connectivity index (χ1v) is 11.0. The van der Waals surface area contributed by atoms with Gasteiger partial charge < -0.3 is 14.4 Å². The number of imide groups is 1. The van der Waals surface area contributed by atoms with Crippen molar-refractivity contribution in [1.29, 1.82) is 0 Å². The Bertz CT molecular complexity index is 717. The zero-order valence-electron chi connectivity index (χ0n) is 17.4. The third-order valence-electron chi connectivity index (χ3n) is 5.21. The van der Waals surface area contributed by atoms with Gasteiger partial charge in [-0.25, -0.2) is 4.79 Å². The van der Waals surface area contributed by atoms with Crippen molar-refractivity contribution in [1.82, 2.24) is 20.4 Å². The molecule has 2 N–H and O–H groups in total. The van der Waals surface area contributed by atoms with Gasteiger partial charge in [0.2, 0.25) is 5.91 Å². The van der Waals surface area contributed by atoms with Gasteiger partial charge in [-0.05, 0) is 31.5 Å². The van der Waals surface area contributed by atoms with E-state index < -0.39 is 0 Å². The Morgan fingerprint density at radius 1 is 1.07 bits per heavy atom. The molecule has 2 saturated heterocycles. The zero-order valence-corrected chi connectivity index (χ0v) is 18.2. The van der Waals surface area contributed by atoms with Gasteiger partial charge in [-0.3, -0.25) is 20.3 Å². The first kappa shape index (κ1) is 21.9. The van der Waals surface area contributed by atoms with E-state index >= 15 is 0 Å². The van der Waals surface area contributed by atoms with Gasteiger partial charge in [0.15, 0.2) is 0 Å². The molecule has 0 bridgehead atoms. The van der Waals surface area contributed by atoms with Crippen molar-refractivity contribution in [2.24, 2.45) is 5.92 Å². The van der Waals surface area contributed by atoms with Crippen molar-refractivity contribution in [3.63, 3.8) is 0 Å². The number of fused-ring (bicyclic) bond motifs is 1. The number of benzene rings is 1. The molecule has 0 aliphatic carbocycles. The Balaban J connectivity index is 1.82. The summed E-state index contributed by atoms with van der Waals surface area (Å²) in [6, 6.07) is 7.56. The lowest BCUT2D eigenvalue weighted by atomic mass is 9.96. The largest absolute Gasteiger partial charge is 0.494 e. The molecule has 8 nitrogen and oxygen atoms in total. The molecule has 2 fully saturated rings. The number of carbonyl (C=O) groups excluding carboxylic acids is 2. The van der Waals surface area contributed by atoms with E-state index in [-0.39, 0.29) is 35.6 Å². The zero-order chi connectivity index (χ0) is 21.0. The van der Waals surface area contributed by atoms with Gasteiger partial charge in [0, 0.05) is 26.5 Å². The number of hydrogen-bond acceptors (Lipinski definition) is 7. The van der Waals surface area contributed by atoms with Crippen LogP contribution in [0.15, 0.2) is 24.3 Å². The first-order chi connectivity index (χ1) is 14.0. The Morgan fingerprint density at radius 3 is 2.45 bits per heavy atom. The van der Waals surface area contributed by atoms with E-state index in [1.54, 1.807) is 23.7 Å². The fraction of sp³-hybridized carbons (Fsp3) is 0.600. The van der Waals surface area contributed by atoms with Crippen molar-refractivity contribution < 1.29 is 19.1 Å². The summed E-state index contributed by atoms with van der Waals surface area (Å²) in [5.74, 6) is 1.03. The standard InChI is InChI=1S/C20H30N4O4S/c1-5-27-11-12-29-18-15-17(23(3)20(26)24(4)19(15)25)21-16(22-18)13-7-9-14(10-8-13)28-6-2/h7-10,15-18,21-22H,5-6,11-12H2,1-4H3. The van der Waals surface area contributed by atoms with Crippen molar-refractivity contribution in [2.45, 2.75) is 31.6 Å². The van der Waals surface area contributed by atoms with Gasteiger partial charge in [0.25, 0.3) is 0 Å². The minimum absolute atomic E-state index is 0.149. The molecule has 0 radical (unpaired) electrons. The molecule has 9 heteroatoms. The van der Waals surface area contributed by atoms with E-state index in [1.807, 2.05) is 38.1 Å². The lowest BCUT2D eigenvalue weighted by molar-refractivity contribution is -0.140. The highest BCUT2D eigenvalue weighted by Gasteiger charge is 2.50. The molecule has 2 aliphatic rings. The Labute approximate surface area is 176 Å². The van der Waals surface area contributed by atoms with E-state index in [2.05, 4.69) is 10.6 Å². The van der Waals surface area contributed by atoms with Gasteiger partial charge in [-0.15, -0.1) is 11.8 Å². The number of hydrogen-bond donors (Lipinski definition) is 2. The highest BCUT2D eigenvalue weighted by atomic mass is 32.2. The minimum atomic E-state index is -0.381. The smallest absolute Gasteiger partial charge is 0.327 e. The van der Waals surface area contributed by atoms with E-state index in [9.17, 15) is 9.59 Å². The monoisotopic (exact) mass is 422 g/mol. The molecular weight excluding hydrogens is 392 g/mol. The lowest BCUT2D eigenvalue weighted by Gasteiger charge is -2.50. The van der Waals surface area contributed by atoms with Crippen LogP contribution >= 0.6 is 11.8 Å². The molecule has 0 aromatic heterocycles. The van der Waals surface area contributed by atoms with Crippen molar-refractivity contribution >= 4 is 23.7 Å². The summed E-state index contributed by atoms with van der Waals surface area (Å²) in [6.45, 7) is 5.82. The van der Waals surface area contributed by atoms with Crippen molar-refractivity contribution in [3.05, 3.63) is 29.8 Å². The van der Waals surface area contributed by atoms with Crippen LogP contribution < -0.4 is 15.4 Å². The van der Waals surface area contributed by atoms with Crippen LogP contribution in [0.4, 0.5) is 4.79 Å². The SMILES string of the molecule is CCOCCSC1NC(c2ccc(OCC)cc2)NC2C1C(=O)N(C)C(=O)N2C. The fourth-order valence-electron chi connectivity index (χ4n) is 3.69. The average Bonchev–Trinajstić information content (AvgIpc) is 2.74. The van der Waals surface area contributed by atoms with E-state index in [0.717, 1.165) is 17.1 Å². The molecule has 1 aromatic rings. The van der Waals surface area contributed by atoms with Crippen molar-refractivity contribution in [3.8, 4) is 5.75 Å². The summed E-state index contributed by atoms with van der Waals surface area (Å²) >= 11 is 1.66. The second-order valence-corrected chi connectivity index (χ2v) is 8.27. The van der Waals surface area contributed by atoms with Crippen LogP contribution in [0, 0.1) is 5.92 Å². The molecule has 4 unspecified atom stereocenters. The van der Waals surface area contributed by atoms with Crippen LogP contribution in [-0.4, -0.2) is 72.9 Å². The second-order valence-electron chi connectivity index (χ2n) is 7.02. The summed E-state index contributed by atoms with van der Waals surface area (Å²) in [5, 5.41) is 6.85. The molecule has 29 heavy (non-hydrogen) atoms. The second kappa shape index (κ2) is 9.80. The number of nitrogens with zero attached hydrogens (tertiary/aromatic N) is 2. The molecule has 4 atom stereocenters. The summed E-state index contributed by atoms with van der Waals surface area (Å²) < 4.78 is 11.0. The van der Waals surface area contributed by atoms with Gasteiger partial charge in [-0.1, -0.05) is 12.1 Å². The van der Waals surface area contributed by atoms with Gasteiger partial charge in [-0.2, -0.15) is 0 Å². The molecule has 1 aromatic carbocycles. The number of rotatable bonds is 8. The lowest BCUT2D eigenvalue weighted by Crippen LogP contribution is -2.72. The van der Waals surface area contributed by atoms with Crippen molar-refractivity contribution in [2.75, 3.05) is 39.7 Å². The molecule has 0 saturated carbocycles. The molecular formula is C20H30N4O4S. The molecule has 160 valence electrons. The highest BCUT2D eigenvalue weighted by Crippen LogP contribution is 2.34. The van der Waals surface area contributed by atoms with Crippen LogP contribution in [0.1, 0.15) is 25.6 Å². The highest BCUT2D eigenvalue weighted by molar-refractivity contribution is 7.99. The topological polar surface area (TPSA) is 83.1 Å². The average molecular weight is 423 g/mol. The molecule has 3 amide bonds. The molecule has 2 heterocycles. The number of amides is 3. The van der Waals surface area contributed by atoms with E-state index in [1.165, 1.54) is 11.9 Å². The summed E-state index contributed by atoms with van der Waals surface area (Å²) in [6.07, 6.45) is -0.573. The van der Waals surface area contributed by atoms with Crippen LogP contribution in [-0.2, 0) is 9.53 Å².